The molecular weight excluding hydrogens is 294 g/mol. The minimum absolute atomic E-state index is 0.179. The molecule has 1 saturated heterocycles. The van der Waals surface area contributed by atoms with Crippen LogP contribution in [0.5, 0.6) is 0 Å². The van der Waals surface area contributed by atoms with Crippen molar-refractivity contribution >= 4 is 17.5 Å². The average Bonchev–Trinajstić information content (AvgIpc) is 2.55. The number of aryl methyl sites for hydroxylation is 1. The molecule has 3 rings (SSSR count). The number of amides is 2. The Morgan fingerprint density at radius 3 is 3.00 bits per heavy atom. The summed E-state index contributed by atoms with van der Waals surface area (Å²) in [7, 11) is 0. The largest absolute Gasteiger partial charge is 0.342 e. The number of carbonyl (C=O) groups is 2. The molecule has 1 aromatic carbocycles. The van der Waals surface area contributed by atoms with Crippen LogP contribution in [0.2, 0.25) is 0 Å². The third-order valence-corrected chi connectivity index (χ3v) is 3.49. The number of hydrogen-bond donors (Lipinski definition) is 3. The Labute approximate surface area is 133 Å². The van der Waals surface area contributed by atoms with Crippen LogP contribution in [0.4, 0.5) is 5.69 Å². The van der Waals surface area contributed by atoms with Gasteiger partial charge in [-0.3, -0.25) is 9.59 Å². The molecule has 1 aromatic heterocycles. The van der Waals surface area contributed by atoms with Gasteiger partial charge in [0.15, 0.2) is 0 Å². The molecule has 3 N–H and O–H groups in total. The van der Waals surface area contributed by atoms with Crippen LogP contribution in [0.25, 0.3) is 11.3 Å². The molecular formula is C16H17N5O2. The number of nitrogens with one attached hydrogen (secondary N) is 3. The fourth-order valence-corrected chi connectivity index (χ4v) is 2.39. The molecule has 7 heteroatoms. The van der Waals surface area contributed by atoms with Crippen molar-refractivity contribution in [3.63, 3.8) is 0 Å². The molecule has 1 aliphatic rings. The van der Waals surface area contributed by atoms with Crippen LogP contribution in [0.1, 0.15) is 5.82 Å². The number of benzene rings is 1. The van der Waals surface area contributed by atoms with E-state index in [0.29, 0.717) is 18.1 Å². The summed E-state index contributed by atoms with van der Waals surface area (Å²) >= 11 is 0. The number of piperazine rings is 1. The second-order valence-electron chi connectivity index (χ2n) is 5.31. The SMILES string of the molecule is Cc1nccc(-c2cccc(NC(=O)C3CNCC(=O)N3)c2)n1. The summed E-state index contributed by atoms with van der Waals surface area (Å²) in [5.41, 5.74) is 2.34. The minimum atomic E-state index is -0.568. The highest BCUT2D eigenvalue weighted by Crippen LogP contribution is 2.20. The molecule has 1 fully saturated rings. The zero-order valence-electron chi connectivity index (χ0n) is 12.7. The van der Waals surface area contributed by atoms with Gasteiger partial charge in [0.2, 0.25) is 11.8 Å². The number of aromatic nitrogens is 2. The van der Waals surface area contributed by atoms with E-state index in [2.05, 4.69) is 25.9 Å². The first-order chi connectivity index (χ1) is 11.1. The Kier molecular flexibility index (Phi) is 4.29. The topological polar surface area (TPSA) is 96.0 Å². The lowest BCUT2D eigenvalue weighted by atomic mass is 10.1. The molecule has 0 saturated carbocycles. The first-order valence-corrected chi connectivity index (χ1v) is 7.33. The van der Waals surface area contributed by atoms with E-state index in [4.69, 9.17) is 0 Å². The van der Waals surface area contributed by atoms with Crippen molar-refractivity contribution in [1.29, 1.82) is 0 Å². The first-order valence-electron chi connectivity index (χ1n) is 7.33. The Balaban J connectivity index is 1.75. The third kappa shape index (κ3) is 3.70. The van der Waals surface area contributed by atoms with Crippen molar-refractivity contribution in [3.8, 4) is 11.3 Å². The summed E-state index contributed by atoms with van der Waals surface area (Å²) in [6.07, 6.45) is 1.70. The van der Waals surface area contributed by atoms with Crippen molar-refractivity contribution in [2.24, 2.45) is 0 Å². The van der Waals surface area contributed by atoms with Crippen molar-refractivity contribution < 1.29 is 9.59 Å². The Hall–Kier alpha value is -2.80. The zero-order valence-corrected chi connectivity index (χ0v) is 12.7. The minimum Gasteiger partial charge on any atom is -0.342 e. The van der Waals surface area contributed by atoms with Crippen LogP contribution >= 0.6 is 0 Å². The van der Waals surface area contributed by atoms with E-state index in [1.54, 1.807) is 12.3 Å². The van der Waals surface area contributed by atoms with E-state index >= 15 is 0 Å². The van der Waals surface area contributed by atoms with Gasteiger partial charge in [-0.2, -0.15) is 0 Å². The number of rotatable bonds is 3. The predicted molar refractivity (Wildman–Crippen MR) is 85.6 cm³/mol. The van der Waals surface area contributed by atoms with Crippen LogP contribution in [0, 0.1) is 6.92 Å². The summed E-state index contributed by atoms with van der Waals surface area (Å²) in [5.74, 6) is 0.260. The molecule has 1 unspecified atom stereocenters. The number of carbonyl (C=O) groups excluding carboxylic acids is 2. The fourth-order valence-electron chi connectivity index (χ4n) is 2.39. The summed E-state index contributed by atoms with van der Waals surface area (Å²) < 4.78 is 0. The summed E-state index contributed by atoms with van der Waals surface area (Å²) in [6, 6.07) is 8.66. The monoisotopic (exact) mass is 311 g/mol. The molecule has 0 radical (unpaired) electrons. The maximum Gasteiger partial charge on any atom is 0.248 e. The molecule has 118 valence electrons. The quantitative estimate of drug-likeness (QED) is 0.766. The van der Waals surface area contributed by atoms with Crippen LogP contribution in [-0.4, -0.2) is 40.9 Å². The molecule has 1 atom stereocenters. The maximum absolute atomic E-state index is 12.2. The molecule has 1 aliphatic heterocycles. The lowest BCUT2D eigenvalue weighted by Crippen LogP contribution is -2.57. The highest BCUT2D eigenvalue weighted by Gasteiger charge is 2.24. The number of nitrogens with zero attached hydrogens (tertiary/aromatic N) is 2. The van der Waals surface area contributed by atoms with Gasteiger partial charge < -0.3 is 16.0 Å². The lowest BCUT2D eigenvalue weighted by molar-refractivity contribution is -0.127. The summed E-state index contributed by atoms with van der Waals surface area (Å²) in [4.78, 5) is 32.0. The van der Waals surface area contributed by atoms with E-state index in [1.807, 2.05) is 31.2 Å². The van der Waals surface area contributed by atoms with Gasteiger partial charge in [0.05, 0.1) is 12.2 Å². The van der Waals surface area contributed by atoms with Gasteiger partial charge in [0, 0.05) is 24.0 Å². The summed E-state index contributed by atoms with van der Waals surface area (Å²) in [5, 5.41) is 8.38. The van der Waals surface area contributed by atoms with Crippen LogP contribution < -0.4 is 16.0 Å². The van der Waals surface area contributed by atoms with Crippen molar-refractivity contribution in [1.82, 2.24) is 20.6 Å². The van der Waals surface area contributed by atoms with Crippen LogP contribution in [-0.2, 0) is 9.59 Å². The molecule has 23 heavy (non-hydrogen) atoms. The van der Waals surface area contributed by atoms with Crippen molar-refractivity contribution in [2.75, 3.05) is 18.4 Å². The predicted octanol–water partition coefficient (Wildman–Crippen LogP) is 0.479. The lowest BCUT2D eigenvalue weighted by Gasteiger charge is -2.23. The van der Waals surface area contributed by atoms with Gasteiger partial charge in [0.1, 0.15) is 11.9 Å². The number of hydrogen-bond acceptors (Lipinski definition) is 5. The van der Waals surface area contributed by atoms with Gasteiger partial charge in [-0.25, -0.2) is 9.97 Å². The smallest absolute Gasteiger partial charge is 0.248 e. The van der Waals surface area contributed by atoms with Gasteiger partial charge in [-0.05, 0) is 25.1 Å². The molecule has 2 heterocycles. The third-order valence-electron chi connectivity index (χ3n) is 3.49. The molecule has 0 spiro atoms. The van der Waals surface area contributed by atoms with Crippen molar-refractivity contribution in [2.45, 2.75) is 13.0 Å². The van der Waals surface area contributed by atoms with Crippen LogP contribution in [0.3, 0.4) is 0 Å². The second-order valence-corrected chi connectivity index (χ2v) is 5.31. The van der Waals surface area contributed by atoms with E-state index in [9.17, 15) is 9.59 Å². The number of anilines is 1. The van der Waals surface area contributed by atoms with E-state index < -0.39 is 6.04 Å². The highest BCUT2D eigenvalue weighted by atomic mass is 16.2. The van der Waals surface area contributed by atoms with E-state index in [1.165, 1.54) is 0 Å². The fraction of sp³-hybridized carbons (Fsp3) is 0.250. The van der Waals surface area contributed by atoms with E-state index in [0.717, 1.165) is 11.3 Å². The molecule has 2 amide bonds. The van der Waals surface area contributed by atoms with E-state index in [-0.39, 0.29) is 18.4 Å². The van der Waals surface area contributed by atoms with Gasteiger partial charge >= 0.3 is 0 Å². The Bertz CT molecular complexity index is 747. The van der Waals surface area contributed by atoms with Gasteiger partial charge in [0.25, 0.3) is 0 Å². The molecule has 7 nitrogen and oxygen atoms in total. The molecule has 2 aromatic rings. The Morgan fingerprint density at radius 1 is 1.35 bits per heavy atom. The van der Waals surface area contributed by atoms with Crippen molar-refractivity contribution in [3.05, 3.63) is 42.4 Å². The average molecular weight is 311 g/mol. The summed E-state index contributed by atoms with van der Waals surface area (Å²) in [6.45, 7) is 2.49. The molecule has 0 bridgehead atoms. The standard InChI is InChI=1S/C16H17N5O2/c1-10-18-6-5-13(19-10)11-3-2-4-12(7-11)20-16(23)14-8-17-9-15(22)21-14/h2-7,14,17H,8-9H2,1H3,(H,20,23)(H,21,22). The zero-order chi connectivity index (χ0) is 16.2. The van der Waals surface area contributed by atoms with Gasteiger partial charge in [-0.15, -0.1) is 0 Å². The Morgan fingerprint density at radius 2 is 2.22 bits per heavy atom. The highest BCUT2D eigenvalue weighted by molar-refractivity contribution is 5.98. The molecule has 0 aliphatic carbocycles. The van der Waals surface area contributed by atoms with Crippen LogP contribution in [0.15, 0.2) is 36.5 Å². The normalized spacial score (nSPS) is 17.4. The first kappa shape index (κ1) is 15.1. The maximum atomic E-state index is 12.2. The van der Waals surface area contributed by atoms with Gasteiger partial charge in [-0.1, -0.05) is 12.1 Å². The second kappa shape index (κ2) is 6.53.